The fraction of sp³-hybridized carbons (Fsp3) is 0.476. The summed E-state index contributed by atoms with van der Waals surface area (Å²) in [6, 6.07) is 4.02. The van der Waals surface area contributed by atoms with Gasteiger partial charge in [-0.05, 0) is 51.0 Å². The van der Waals surface area contributed by atoms with Gasteiger partial charge in [0.2, 0.25) is 0 Å². The van der Waals surface area contributed by atoms with Crippen LogP contribution in [0.25, 0.3) is 0 Å². The molecule has 2 aromatic rings. The number of alkyl halides is 3. The number of benzene rings is 1. The third kappa shape index (κ3) is 6.08. The second-order valence-corrected chi connectivity index (χ2v) is 7.60. The van der Waals surface area contributed by atoms with Crippen LogP contribution in [-0.2, 0) is 33.5 Å². The minimum absolute atomic E-state index is 0.0202. The number of aryl methyl sites for hydroxylation is 1. The Morgan fingerprint density at radius 2 is 1.73 bits per heavy atom. The molecule has 0 radical (unpaired) electrons. The minimum atomic E-state index is -4.45. The van der Waals surface area contributed by atoms with E-state index in [0.29, 0.717) is 5.92 Å². The second kappa shape index (κ2) is 9.32. The molecule has 1 N–H and O–H groups in total. The van der Waals surface area contributed by atoms with Gasteiger partial charge in [-0.1, -0.05) is 13.8 Å². The van der Waals surface area contributed by atoms with Gasteiger partial charge in [-0.25, -0.2) is 0 Å². The summed E-state index contributed by atoms with van der Waals surface area (Å²) in [5, 5.41) is 6.89. The first-order valence-electron chi connectivity index (χ1n) is 9.59. The largest absolute Gasteiger partial charge is 0.452 e. The molecule has 1 unspecified atom stereocenters. The smallest absolute Gasteiger partial charge is 0.416 e. The second-order valence-electron chi connectivity index (χ2n) is 7.60. The normalized spacial score (nSPS) is 12.7. The lowest BCUT2D eigenvalue weighted by molar-refractivity contribution is -0.152. The van der Waals surface area contributed by atoms with Crippen molar-refractivity contribution in [2.45, 2.75) is 59.9 Å². The number of hydrogen-bond acceptors (Lipinski definition) is 4. The molecule has 0 spiro atoms. The SMILES string of the molecule is Cc1nn(CC(C)C)c(C)c1CC(=O)OC(C)C(=O)Nc1ccc(C(F)(F)F)cc1. The number of nitrogens with one attached hydrogen (secondary N) is 1. The average Bonchev–Trinajstić information content (AvgIpc) is 2.88. The van der Waals surface area contributed by atoms with E-state index >= 15 is 0 Å². The van der Waals surface area contributed by atoms with Crippen LogP contribution in [0.5, 0.6) is 0 Å². The number of aromatic nitrogens is 2. The predicted molar refractivity (Wildman–Crippen MR) is 106 cm³/mol. The molecule has 0 saturated carbocycles. The Labute approximate surface area is 173 Å². The summed E-state index contributed by atoms with van der Waals surface area (Å²) < 4.78 is 44.9. The number of halogens is 3. The molecular weight excluding hydrogens is 399 g/mol. The number of esters is 1. The number of ether oxygens (including phenoxy) is 1. The zero-order valence-corrected chi connectivity index (χ0v) is 17.6. The highest BCUT2D eigenvalue weighted by Gasteiger charge is 2.30. The fourth-order valence-electron chi connectivity index (χ4n) is 2.94. The number of anilines is 1. The molecule has 9 heteroatoms. The van der Waals surface area contributed by atoms with Crippen molar-refractivity contribution in [2.24, 2.45) is 5.92 Å². The molecule has 0 aliphatic rings. The minimum Gasteiger partial charge on any atom is -0.452 e. The van der Waals surface area contributed by atoms with Crippen LogP contribution >= 0.6 is 0 Å². The number of rotatable bonds is 7. The Morgan fingerprint density at radius 3 is 2.27 bits per heavy atom. The van der Waals surface area contributed by atoms with Gasteiger partial charge in [-0.2, -0.15) is 18.3 Å². The molecule has 1 amide bonds. The lowest BCUT2D eigenvalue weighted by atomic mass is 10.1. The number of amides is 1. The van der Waals surface area contributed by atoms with Gasteiger partial charge in [0.1, 0.15) is 0 Å². The van der Waals surface area contributed by atoms with Crippen molar-refractivity contribution in [2.75, 3.05) is 5.32 Å². The summed E-state index contributed by atoms with van der Waals surface area (Å²) in [5.74, 6) is -0.816. The standard InChI is InChI=1S/C21H26F3N3O3/c1-12(2)11-27-14(4)18(13(3)26-27)10-19(28)30-15(5)20(29)25-17-8-6-16(7-9-17)21(22,23)24/h6-9,12,15H,10-11H2,1-5H3,(H,25,29). The van der Waals surface area contributed by atoms with E-state index in [0.717, 1.165) is 47.8 Å². The number of carbonyl (C=O) groups excluding carboxylic acids is 2. The zero-order chi connectivity index (χ0) is 22.6. The first-order chi connectivity index (χ1) is 13.9. The quantitative estimate of drug-likeness (QED) is 0.672. The van der Waals surface area contributed by atoms with Crippen molar-refractivity contribution in [3.05, 3.63) is 46.8 Å². The summed E-state index contributed by atoms with van der Waals surface area (Å²) in [5.41, 5.74) is 1.73. The van der Waals surface area contributed by atoms with Crippen LogP contribution in [0.2, 0.25) is 0 Å². The monoisotopic (exact) mass is 425 g/mol. The van der Waals surface area contributed by atoms with Crippen LogP contribution < -0.4 is 5.32 Å². The molecule has 0 aliphatic heterocycles. The van der Waals surface area contributed by atoms with Gasteiger partial charge in [0.25, 0.3) is 5.91 Å². The molecular formula is C21H26F3N3O3. The number of hydrogen-bond donors (Lipinski definition) is 1. The van der Waals surface area contributed by atoms with Gasteiger partial charge >= 0.3 is 12.1 Å². The van der Waals surface area contributed by atoms with Crippen molar-refractivity contribution in [3.63, 3.8) is 0 Å². The maximum absolute atomic E-state index is 12.6. The van der Waals surface area contributed by atoms with E-state index in [2.05, 4.69) is 24.3 Å². The van der Waals surface area contributed by atoms with Gasteiger partial charge < -0.3 is 10.1 Å². The van der Waals surface area contributed by atoms with E-state index in [1.807, 2.05) is 18.5 Å². The molecule has 6 nitrogen and oxygen atoms in total. The third-order valence-electron chi connectivity index (χ3n) is 4.55. The molecule has 1 heterocycles. The highest BCUT2D eigenvalue weighted by molar-refractivity contribution is 5.95. The van der Waals surface area contributed by atoms with Crippen molar-refractivity contribution in [3.8, 4) is 0 Å². The summed E-state index contributed by atoms with van der Waals surface area (Å²) in [4.78, 5) is 24.5. The number of carbonyl (C=O) groups is 2. The highest BCUT2D eigenvalue weighted by atomic mass is 19.4. The summed E-state index contributed by atoms with van der Waals surface area (Å²) in [7, 11) is 0. The van der Waals surface area contributed by atoms with Gasteiger partial charge in [-0.15, -0.1) is 0 Å². The number of nitrogens with zero attached hydrogens (tertiary/aromatic N) is 2. The Hall–Kier alpha value is -2.84. The van der Waals surface area contributed by atoms with E-state index < -0.39 is 29.7 Å². The van der Waals surface area contributed by atoms with E-state index in [4.69, 9.17) is 4.74 Å². The lowest BCUT2D eigenvalue weighted by Crippen LogP contribution is -2.30. The maximum Gasteiger partial charge on any atom is 0.416 e. The maximum atomic E-state index is 12.6. The molecule has 164 valence electrons. The first-order valence-corrected chi connectivity index (χ1v) is 9.59. The van der Waals surface area contributed by atoms with E-state index in [1.165, 1.54) is 6.92 Å². The molecule has 1 aromatic carbocycles. The average molecular weight is 425 g/mol. The van der Waals surface area contributed by atoms with Gasteiger partial charge in [0.05, 0.1) is 17.7 Å². The Kier molecular flexibility index (Phi) is 7.28. The van der Waals surface area contributed by atoms with Crippen LogP contribution in [0.1, 0.15) is 43.3 Å². The third-order valence-corrected chi connectivity index (χ3v) is 4.55. The lowest BCUT2D eigenvalue weighted by Gasteiger charge is -2.14. The Bertz CT molecular complexity index is 903. The summed E-state index contributed by atoms with van der Waals surface area (Å²) >= 11 is 0. The molecule has 30 heavy (non-hydrogen) atoms. The molecule has 0 aliphatic carbocycles. The van der Waals surface area contributed by atoms with E-state index in [-0.39, 0.29) is 12.1 Å². The first kappa shape index (κ1) is 23.4. The molecule has 2 rings (SSSR count). The molecule has 0 saturated heterocycles. The van der Waals surface area contributed by atoms with Crippen LogP contribution in [0, 0.1) is 19.8 Å². The van der Waals surface area contributed by atoms with Crippen molar-refractivity contribution >= 4 is 17.6 Å². The van der Waals surface area contributed by atoms with Crippen LogP contribution in [-0.4, -0.2) is 27.8 Å². The van der Waals surface area contributed by atoms with Gasteiger partial charge in [-0.3, -0.25) is 14.3 Å². The summed E-state index contributed by atoms with van der Waals surface area (Å²) in [6.07, 6.45) is -5.58. The Balaban J connectivity index is 1.95. The van der Waals surface area contributed by atoms with Crippen LogP contribution in [0.15, 0.2) is 24.3 Å². The van der Waals surface area contributed by atoms with E-state index in [1.54, 1.807) is 0 Å². The molecule has 0 fully saturated rings. The van der Waals surface area contributed by atoms with E-state index in [9.17, 15) is 22.8 Å². The highest BCUT2D eigenvalue weighted by Crippen LogP contribution is 2.29. The molecule has 1 aromatic heterocycles. The van der Waals surface area contributed by atoms with Crippen LogP contribution in [0.3, 0.4) is 0 Å². The van der Waals surface area contributed by atoms with Crippen molar-refractivity contribution in [1.82, 2.24) is 9.78 Å². The zero-order valence-electron chi connectivity index (χ0n) is 17.6. The summed E-state index contributed by atoms with van der Waals surface area (Å²) in [6.45, 7) is 9.97. The fourth-order valence-corrected chi connectivity index (χ4v) is 2.94. The van der Waals surface area contributed by atoms with Gasteiger partial charge in [0, 0.05) is 23.5 Å². The van der Waals surface area contributed by atoms with Crippen molar-refractivity contribution < 1.29 is 27.5 Å². The predicted octanol–water partition coefficient (Wildman–Crippen LogP) is 4.29. The van der Waals surface area contributed by atoms with Crippen LogP contribution in [0.4, 0.5) is 18.9 Å². The topological polar surface area (TPSA) is 73.2 Å². The Morgan fingerprint density at radius 1 is 1.13 bits per heavy atom. The molecule has 0 bridgehead atoms. The molecule has 1 atom stereocenters. The van der Waals surface area contributed by atoms with Crippen molar-refractivity contribution in [1.29, 1.82) is 0 Å². The van der Waals surface area contributed by atoms with Gasteiger partial charge in [0.15, 0.2) is 6.10 Å².